The minimum absolute atomic E-state index is 0.0486. The van der Waals surface area contributed by atoms with E-state index in [1.807, 2.05) is 6.92 Å². The molecule has 3 N–H and O–H groups in total. The zero-order valence-corrected chi connectivity index (χ0v) is 12.7. The monoisotopic (exact) mass is 302 g/mol. The van der Waals surface area contributed by atoms with Gasteiger partial charge in [0.15, 0.2) is 0 Å². The Morgan fingerprint density at radius 3 is 2.65 bits per heavy atom. The SMILES string of the molecule is CCC(COC)NS(=O)(=O)CCOc1ccccc1N. The molecule has 0 aliphatic heterocycles. The second-order valence-electron chi connectivity index (χ2n) is 4.38. The molecule has 20 heavy (non-hydrogen) atoms. The Bertz CT molecular complexity index is 505. The molecule has 1 aromatic rings. The zero-order chi connectivity index (χ0) is 15.0. The number of anilines is 1. The van der Waals surface area contributed by atoms with Crippen molar-refractivity contribution in [3.63, 3.8) is 0 Å². The summed E-state index contributed by atoms with van der Waals surface area (Å²) in [5.41, 5.74) is 6.20. The molecule has 7 heteroatoms. The largest absolute Gasteiger partial charge is 0.490 e. The Kier molecular flexibility index (Phi) is 6.77. The lowest BCUT2D eigenvalue weighted by molar-refractivity contribution is 0.173. The van der Waals surface area contributed by atoms with Crippen LogP contribution in [0.15, 0.2) is 24.3 Å². The van der Waals surface area contributed by atoms with E-state index >= 15 is 0 Å². The summed E-state index contributed by atoms with van der Waals surface area (Å²) in [4.78, 5) is 0. The van der Waals surface area contributed by atoms with E-state index in [2.05, 4.69) is 4.72 Å². The van der Waals surface area contributed by atoms with Gasteiger partial charge in [-0.05, 0) is 18.6 Å². The first-order chi connectivity index (χ1) is 9.48. The maximum Gasteiger partial charge on any atom is 0.215 e. The number of nitrogens with one attached hydrogen (secondary N) is 1. The van der Waals surface area contributed by atoms with Crippen LogP contribution in [0, 0.1) is 0 Å². The Balaban J connectivity index is 2.45. The highest BCUT2D eigenvalue weighted by molar-refractivity contribution is 7.89. The molecule has 0 aliphatic carbocycles. The van der Waals surface area contributed by atoms with Crippen molar-refractivity contribution in [1.29, 1.82) is 0 Å². The average molecular weight is 302 g/mol. The fraction of sp³-hybridized carbons (Fsp3) is 0.538. The van der Waals surface area contributed by atoms with Crippen molar-refractivity contribution in [3.05, 3.63) is 24.3 Å². The lowest BCUT2D eigenvalue weighted by atomic mass is 10.3. The maximum atomic E-state index is 11.9. The van der Waals surface area contributed by atoms with Crippen LogP contribution in [0.3, 0.4) is 0 Å². The summed E-state index contributed by atoms with van der Waals surface area (Å²) in [6, 6.07) is 6.76. The molecule has 114 valence electrons. The lowest BCUT2D eigenvalue weighted by Gasteiger charge is -2.16. The lowest BCUT2D eigenvalue weighted by Crippen LogP contribution is -2.39. The Morgan fingerprint density at radius 1 is 1.35 bits per heavy atom. The van der Waals surface area contributed by atoms with Gasteiger partial charge in [-0.2, -0.15) is 0 Å². The molecule has 0 amide bonds. The number of methoxy groups -OCH3 is 1. The van der Waals surface area contributed by atoms with E-state index in [9.17, 15) is 8.42 Å². The molecule has 0 heterocycles. The van der Waals surface area contributed by atoms with Crippen LogP contribution >= 0.6 is 0 Å². The van der Waals surface area contributed by atoms with Gasteiger partial charge in [-0.25, -0.2) is 13.1 Å². The summed E-state index contributed by atoms with van der Waals surface area (Å²) in [5, 5.41) is 0. The smallest absolute Gasteiger partial charge is 0.215 e. The average Bonchev–Trinajstić information content (AvgIpc) is 2.40. The van der Waals surface area contributed by atoms with Gasteiger partial charge in [-0.1, -0.05) is 19.1 Å². The van der Waals surface area contributed by atoms with Gasteiger partial charge in [0, 0.05) is 13.2 Å². The molecule has 0 saturated carbocycles. The van der Waals surface area contributed by atoms with Crippen molar-refractivity contribution in [2.24, 2.45) is 0 Å². The number of nitrogens with two attached hydrogens (primary N) is 1. The first-order valence-corrected chi connectivity index (χ1v) is 8.10. The normalized spacial score (nSPS) is 13.1. The molecule has 0 bridgehead atoms. The van der Waals surface area contributed by atoms with E-state index in [0.717, 1.165) is 0 Å². The van der Waals surface area contributed by atoms with E-state index < -0.39 is 10.0 Å². The van der Waals surface area contributed by atoms with Crippen LogP contribution < -0.4 is 15.2 Å². The van der Waals surface area contributed by atoms with Crippen LogP contribution in [0.1, 0.15) is 13.3 Å². The van der Waals surface area contributed by atoms with Crippen LogP contribution in [0.25, 0.3) is 0 Å². The summed E-state index contributed by atoms with van der Waals surface area (Å²) in [6.45, 7) is 2.29. The number of hydrogen-bond donors (Lipinski definition) is 2. The van der Waals surface area contributed by atoms with Crippen LogP contribution in [0.5, 0.6) is 5.75 Å². The van der Waals surface area contributed by atoms with E-state index in [0.29, 0.717) is 24.5 Å². The Morgan fingerprint density at radius 2 is 2.05 bits per heavy atom. The molecule has 0 radical (unpaired) electrons. The minimum atomic E-state index is -3.39. The molecule has 1 rings (SSSR count). The van der Waals surface area contributed by atoms with E-state index in [4.69, 9.17) is 15.2 Å². The van der Waals surface area contributed by atoms with Crippen LogP contribution in [0.2, 0.25) is 0 Å². The third-order valence-electron chi connectivity index (χ3n) is 2.74. The molecular formula is C13H22N2O4S. The first-order valence-electron chi connectivity index (χ1n) is 6.44. The highest BCUT2D eigenvalue weighted by atomic mass is 32.2. The summed E-state index contributed by atoms with van der Waals surface area (Å²) in [7, 11) is -1.85. The third kappa shape index (κ3) is 5.77. The number of hydrogen-bond acceptors (Lipinski definition) is 5. The van der Waals surface area contributed by atoms with Crippen molar-refractivity contribution in [1.82, 2.24) is 4.72 Å². The number of ether oxygens (including phenoxy) is 2. The number of benzene rings is 1. The fourth-order valence-corrected chi connectivity index (χ4v) is 2.79. The fourth-order valence-electron chi connectivity index (χ4n) is 1.62. The van der Waals surface area contributed by atoms with Gasteiger partial charge in [0.05, 0.1) is 18.0 Å². The Labute approximate surface area is 120 Å². The Hall–Kier alpha value is -1.31. The molecule has 1 atom stereocenters. The minimum Gasteiger partial charge on any atom is -0.490 e. The number of nitrogen functional groups attached to an aromatic ring is 1. The van der Waals surface area contributed by atoms with Crippen LogP contribution in [-0.4, -0.2) is 40.5 Å². The quantitative estimate of drug-likeness (QED) is 0.664. The van der Waals surface area contributed by atoms with Crippen molar-refractivity contribution in [2.75, 3.05) is 31.8 Å². The zero-order valence-electron chi connectivity index (χ0n) is 11.8. The molecule has 1 aromatic carbocycles. The second kappa shape index (κ2) is 8.08. The van der Waals surface area contributed by atoms with E-state index in [1.54, 1.807) is 24.3 Å². The molecule has 1 unspecified atom stereocenters. The van der Waals surface area contributed by atoms with Crippen molar-refractivity contribution >= 4 is 15.7 Å². The van der Waals surface area contributed by atoms with Gasteiger partial charge in [-0.15, -0.1) is 0 Å². The first kappa shape index (κ1) is 16.7. The third-order valence-corrected chi connectivity index (χ3v) is 4.13. The summed E-state index contributed by atoms with van der Waals surface area (Å²) in [6.07, 6.45) is 0.666. The molecule has 6 nitrogen and oxygen atoms in total. The van der Waals surface area contributed by atoms with E-state index in [1.165, 1.54) is 7.11 Å². The summed E-state index contributed by atoms with van der Waals surface area (Å²) < 4.78 is 36.7. The summed E-state index contributed by atoms with van der Waals surface area (Å²) >= 11 is 0. The van der Waals surface area contributed by atoms with Crippen molar-refractivity contribution < 1.29 is 17.9 Å². The van der Waals surface area contributed by atoms with Gasteiger partial charge in [0.2, 0.25) is 10.0 Å². The molecule has 0 saturated heterocycles. The van der Waals surface area contributed by atoms with Gasteiger partial charge >= 0.3 is 0 Å². The molecule has 0 aromatic heterocycles. The van der Waals surface area contributed by atoms with Gasteiger partial charge in [-0.3, -0.25) is 0 Å². The molecule has 0 aliphatic rings. The predicted octanol–water partition coefficient (Wildman–Crippen LogP) is 0.992. The van der Waals surface area contributed by atoms with Gasteiger partial charge < -0.3 is 15.2 Å². The summed E-state index contributed by atoms with van der Waals surface area (Å²) in [5.74, 6) is 0.369. The van der Waals surface area contributed by atoms with Crippen LogP contribution in [0.4, 0.5) is 5.69 Å². The topological polar surface area (TPSA) is 90.6 Å². The number of rotatable bonds is 9. The highest BCUT2D eigenvalue weighted by Crippen LogP contribution is 2.19. The van der Waals surface area contributed by atoms with Gasteiger partial charge in [0.1, 0.15) is 12.4 Å². The number of para-hydroxylation sites is 2. The van der Waals surface area contributed by atoms with Crippen LogP contribution in [-0.2, 0) is 14.8 Å². The van der Waals surface area contributed by atoms with Crippen molar-refractivity contribution in [2.45, 2.75) is 19.4 Å². The van der Waals surface area contributed by atoms with Gasteiger partial charge in [0.25, 0.3) is 0 Å². The second-order valence-corrected chi connectivity index (χ2v) is 6.26. The van der Waals surface area contributed by atoms with E-state index in [-0.39, 0.29) is 18.4 Å². The van der Waals surface area contributed by atoms with Crippen molar-refractivity contribution in [3.8, 4) is 5.75 Å². The maximum absolute atomic E-state index is 11.9. The molecule has 0 spiro atoms. The predicted molar refractivity (Wildman–Crippen MR) is 79.2 cm³/mol. The standard InChI is InChI=1S/C13H22N2O4S/c1-3-11(10-18-2)15-20(16,17)9-8-19-13-7-5-4-6-12(13)14/h4-7,11,15H,3,8-10,14H2,1-2H3. The highest BCUT2D eigenvalue weighted by Gasteiger charge is 2.16. The number of sulfonamides is 1. The molecule has 0 fully saturated rings. The molecular weight excluding hydrogens is 280 g/mol.